The minimum absolute atomic E-state index is 0.172. The van der Waals surface area contributed by atoms with Crippen molar-refractivity contribution in [2.75, 3.05) is 26.2 Å². The molecule has 0 saturated carbocycles. The van der Waals surface area contributed by atoms with Gasteiger partial charge in [-0.3, -0.25) is 0 Å². The van der Waals surface area contributed by atoms with E-state index in [1.807, 2.05) is 44.2 Å². The molecule has 0 spiro atoms. The lowest BCUT2D eigenvalue weighted by atomic mass is 9.96. The SMILES string of the molecule is CCNC(=NCC(C)(O)c1ccccc1)NCCNS(=O)(=O)c1cc(C)sc1C. The molecule has 1 atom stereocenters. The number of hydrogen-bond acceptors (Lipinski definition) is 5. The molecule has 7 nitrogen and oxygen atoms in total. The first-order valence-corrected chi connectivity index (χ1v) is 11.8. The Balaban J connectivity index is 1.92. The summed E-state index contributed by atoms with van der Waals surface area (Å²) in [6, 6.07) is 11.1. The van der Waals surface area contributed by atoms with Crippen molar-refractivity contribution in [1.29, 1.82) is 0 Å². The summed E-state index contributed by atoms with van der Waals surface area (Å²) in [5.74, 6) is 0.519. The topological polar surface area (TPSA) is 103 Å². The highest BCUT2D eigenvalue weighted by Crippen LogP contribution is 2.24. The van der Waals surface area contributed by atoms with Crippen LogP contribution in [0.15, 0.2) is 46.3 Å². The fourth-order valence-electron chi connectivity index (χ4n) is 2.78. The van der Waals surface area contributed by atoms with Crippen LogP contribution in [0, 0.1) is 13.8 Å². The van der Waals surface area contributed by atoms with Gasteiger partial charge in [0.1, 0.15) is 5.60 Å². The van der Waals surface area contributed by atoms with E-state index in [1.165, 1.54) is 11.3 Å². The predicted octanol–water partition coefficient (Wildman–Crippen LogP) is 2.11. The van der Waals surface area contributed by atoms with E-state index in [2.05, 4.69) is 20.3 Å². The third-order valence-electron chi connectivity index (χ3n) is 4.28. The molecule has 4 N–H and O–H groups in total. The lowest BCUT2D eigenvalue weighted by Gasteiger charge is -2.22. The number of nitrogens with one attached hydrogen (secondary N) is 3. The van der Waals surface area contributed by atoms with E-state index in [4.69, 9.17) is 0 Å². The Labute approximate surface area is 177 Å². The van der Waals surface area contributed by atoms with Crippen LogP contribution in [0.3, 0.4) is 0 Å². The van der Waals surface area contributed by atoms with Gasteiger partial charge in [-0.1, -0.05) is 30.3 Å². The van der Waals surface area contributed by atoms with E-state index in [0.717, 1.165) is 15.3 Å². The van der Waals surface area contributed by atoms with Crippen molar-refractivity contribution in [1.82, 2.24) is 15.4 Å². The van der Waals surface area contributed by atoms with Crippen molar-refractivity contribution >= 4 is 27.3 Å². The summed E-state index contributed by atoms with van der Waals surface area (Å²) in [6.45, 7) is 8.76. The highest BCUT2D eigenvalue weighted by Gasteiger charge is 2.22. The molecule has 9 heteroatoms. The Morgan fingerprint density at radius 2 is 1.86 bits per heavy atom. The van der Waals surface area contributed by atoms with Crippen LogP contribution in [-0.4, -0.2) is 45.7 Å². The quantitative estimate of drug-likeness (QED) is 0.273. The number of thiophene rings is 1. The van der Waals surface area contributed by atoms with Gasteiger partial charge in [0, 0.05) is 29.4 Å². The molecule has 160 valence electrons. The summed E-state index contributed by atoms with van der Waals surface area (Å²) in [7, 11) is -3.53. The molecule has 0 aliphatic carbocycles. The van der Waals surface area contributed by atoms with Gasteiger partial charge in [0.15, 0.2) is 5.96 Å². The molecule has 0 fully saturated rings. The molecule has 0 aliphatic rings. The Morgan fingerprint density at radius 3 is 2.45 bits per heavy atom. The third-order valence-corrected chi connectivity index (χ3v) is 6.96. The first kappa shape index (κ1) is 23.3. The van der Waals surface area contributed by atoms with Gasteiger partial charge < -0.3 is 15.7 Å². The first-order valence-electron chi connectivity index (χ1n) is 9.52. The number of aryl methyl sites for hydroxylation is 2. The molecule has 1 aromatic carbocycles. The van der Waals surface area contributed by atoms with Gasteiger partial charge in [-0.05, 0) is 39.3 Å². The molecular formula is C20H30N4O3S2. The summed E-state index contributed by atoms with van der Waals surface area (Å²) < 4.78 is 27.5. The Hall–Kier alpha value is -1.94. The second kappa shape index (κ2) is 10.2. The molecular weight excluding hydrogens is 408 g/mol. The van der Waals surface area contributed by atoms with Crippen LogP contribution in [0.1, 0.15) is 29.2 Å². The van der Waals surface area contributed by atoms with Crippen molar-refractivity contribution in [3.8, 4) is 0 Å². The summed E-state index contributed by atoms with van der Waals surface area (Å²) in [5.41, 5.74) is -0.312. The van der Waals surface area contributed by atoms with Gasteiger partial charge in [-0.2, -0.15) is 0 Å². The molecule has 2 aromatic rings. The second-order valence-corrected chi connectivity index (χ2v) is 10.1. The van der Waals surface area contributed by atoms with Crippen molar-refractivity contribution in [3.05, 3.63) is 51.7 Å². The van der Waals surface area contributed by atoms with Gasteiger partial charge in [-0.25, -0.2) is 18.1 Å². The average molecular weight is 439 g/mol. The fraction of sp³-hybridized carbons (Fsp3) is 0.450. The van der Waals surface area contributed by atoms with E-state index < -0.39 is 15.6 Å². The number of rotatable bonds is 9. The predicted molar refractivity (Wildman–Crippen MR) is 119 cm³/mol. The van der Waals surface area contributed by atoms with Crippen LogP contribution in [0.5, 0.6) is 0 Å². The standard InChI is InChI=1S/C20H30N4O3S2/c1-5-21-19(23-14-20(4,25)17-9-7-6-8-10-17)22-11-12-24-29(26,27)18-13-15(2)28-16(18)3/h6-10,13,24-25H,5,11-12,14H2,1-4H3,(H2,21,22,23). The zero-order chi connectivity index (χ0) is 21.5. The van der Waals surface area contributed by atoms with E-state index in [-0.39, 0.29) is 13.1 Å². The number of guanidine groups is 1. The van der Waals surface area contributed by atoms with Crippen LogP contribution in [0.2, 0.25) is 0 Å². The lowest BCUT2D eigenvalue weighted by molar-refractivity contribution is 0.0672. The van der Waals surface area contributed by atoms with Crippen LogP contribution < -0.4 is 15.4 Å². The summed E-state index contributed by atoms with van der Waals surface area (Å²) in [4.78, 5) is 6.52. The van der Waals surface area contributed by atoms with Crippen molar-refractivity contribution in [2.45, 2.75) is 38.2 Å². The van der Waals surface area contributed by atoms with Crippen LogP contribution in [0.25, 0.3) is 0 Å². The van der Waals surface area contributed by atoms with E-state index in [0.29, 0.717) is 23.9 Å². The summed E-state index contributed by atoms with van der Waals surface area (Å²) >= 11 is 1.47. The molecule has 0 radical (unpaired) electrons. The van der Waals surface area contributed by atoms with Crippen molar-refractivity contribution in [2.24, 2.45) is 4.99 Å². The zero-order valence-electron chi connectivity index (χ0n) is 17.3. The van der Waals surface area contributed by atoms with Crippen LogP contribution in [-0.2, 0) is 15.6 Å². The highest BCUT2D eigenvalue weighted by molar-refractivity contribution is 7.89. The zero-order valence-corrected chi connectivity index (χ0v) is 19.0. The first-order chi connectivity index (χ1) is 13.7. The molecule has 1 heterocycles. The third kappa shape index (κ3) is 6.81. The molecule has 0 amide bonds. The van der Waals surface area contributed by atoms with E-state index >= 15 is 0 Å². The maximum Gasteiger partial charge on any atom is 0.241 e. The van der Waals surface area contributed by atoms with Gasteiger partial charge >= 0.3 is 0 Å². The molecule has 0 aliphatic heterocycles. The second-order valence-electron chi connectivity index (χ2n) is 6.94. The molecule has 29 heavy (non-hydrogen) atoms. The van der Waals surface area contributed by atoms with Gasteiger partial charge in [0.05, 0.1) is 11.4 Å². The van der Waals surface area contributed by atoms with Crippen LogP contribution >= 0.6 is 11.3 Å². The minimum Gasteiger partial charge on any atom is -0.384 e. The Bertz CT molecular complexity index is 922. The fourth-order valence-corrected chi connectivity index (χ4v) is 5.37. The largest absolute Gasteiger partial charge is 0.384 e. The molecule has 0 saturated heterocycles. The minimum atomic E-state index is -3.53. The molecule has 0 bridgehead atoms. The summed E-state index contributed by atoms with van der Waals surface area (Å²) in [5, 5.41) is 16.9. The average Bonchev–Trinajstić information content (AvgIpc) is 3.03. The number of nitrogens with zero attached hydrogens (tertiary/aromatic N) is 1. The highest BCUT2D eigenvalue weighted by atomic mass is 32.2. The number of hydrogen-bond donors (Lipinski definition) is 4. The molecule has 2 rings (SSSR count). The van der Waals surface area contributed by atoms with E-state index in [1.54, 1.807) is 19.9 Å². The number of aliphatic hydroxyl groups is 1. The maximum atomic E-state index is 12.4. The monoisotopic (exact) mass is 438 g/mol. The number of sulfonamides is 1. The number of aliphatic imine (C=N–C) groups is 1. The number of benzene rings is 1. The molecule has 1 unspecified atom stereocenters. The van der Waals surface area contributed by atoms with Crippen molar-refractivity contribution in [3.63, 3.8) is 0 Å². The normalized spacial score (nSPS) is 14.4. The lowest BCUT2D eigenvalue weighted by Crippen LogP contribution is -2.42. The van der Waals surface area contributed by atoms with Gasteiger partial charge in [0.25, 0.3) is 0 Å². The summed E-state index contributed by atoms with van der Waals surface area (Å²) in [6.07, 6.45) is 0. The van der Waals surface area contributed by atoms with Gasteiger partial charge in [-0.15, -0.1) is 11.3 Å². The van der Waals surface area contributed by atoms with E-state index in [9.17, 15) is 13.5 Å². The maximum absolute atomic E-state index is 12.4. The van der Waals surface area contributed by atoms with Gasteiger partial charge in [0.2, 0.25) is 10.0 Å². The van der Waals surface area contributed by atoms with Crippen LogP contribution in [0.4, 0.5) is 0 Å². The Morgan fingerprint density at radius 1 is 1.17 bits per heavy atom. The Kier molecular flexibility index (Phi) is 8.21. The van der Waals surface area contributed by atoms with Crippen molar-refractivity contribution < 1.29 is 13.5 Å². The smallest absolute Gasteiger partial charge is 0.241 e. The molecule has 1 aromatic heterocycles.